The molecule has 2 aliphatic rings. The smallest absolute Gasteiger partial charge is 0.135 e. The van der Waals surface area contributed by atoms with Crippen LogP contribution in [0.1, 0.15) is 40.0 Å². The molecule has 0 aromatic heterocycles. The first-order chi connectivity index (χ1) is 6.67. The lowest BCUT2D eigenvalue weighted by Crippen LogP contribution is -2.45. The van der Waals surface area contributed by atoms with E-state index in [9.17, 15) is 0 Å². The van der Waals surface area contributed by atoms with E-state index < -0.39 is 0 Å². The molecule has 1 spiro atoms. The van der Waals surface area contributed by atoms with Gasteiger partial charge in [0.15, 0.2) is 0 Å². The van der Waals surface area contributed by atoms with Crippen LogP contribution in [0.2, 0.25) is 0 Å². The Labute approximate surface area is 88.5 Å². The molecule has 82 valence electrons. The lowest BCUT2D eigenvalue weighted by Gasteiger charge is -2.29. The van der Waals surface area contributed by atoms with Crippen LogP contribution in [0.25, 0.3) is 0 Å². The van der Waals surface area contributed by atoms with Crippen molar-refractivity contribution in [2.75, 3.05) is 26.3 Å². The van der Waals surface area contributed by atoms with E-state index in [-0.39, 0.29) is 0 Å². The second-order valence-electron chi connectivity index (χ2n) is 5.49. The third-order valence-corrected chi connectivity index (χ3v) is 4.18. The number of nitrogens with zero attached hydrogens (tertiary/aromatic N) is 2. The SMILES string of the molecule is CCC1C[N+]2(CCCC2)CN1C(C)C. The Morgan fingerprint density at radius 2 is 1.93 bits per heavy atom. The monoisotopic (exact) mass is 197 g/mol. The molecule has 0 amide bonds. The molecule has 1 unspecified atom stereocenters. The molecule has 0 aliphatic carbocycles. The number of hydrogen-bond donors (Lipinski definition) is 0. The maximum atomic E-state index is 2.73. The van der Waals surface area contributed by atoms with Crippen LogP contribution in [0.5, 0.6) is 0 Å². The lowest BCUT2D eigenvalue weighted by molar-refractivity contribution is -0.910. The number of rotatable bonds is 2. The predicted octanol–water partition coefficient (Wildman–Crippen LogP) is 2.06. The van der Waals surface area contributed by atoms with Gasteiger partial charge in [-0.25, -0.2) is 4.90 Å². The van der Waals surface area contributed by atoms with Crippen LogP contribution in [0, 0.1) is 0 Å². The molecule has 0 aromatic carbocycles. The van der Waals surface area contributed by atoms with Gasteiger partial charge in [0.1, 0.15) is 6.67 Å². The molecule has 2 rings (SSSR count). The second kappa shape index (κ2) is 3.82. The molecule has 2 saturated heterocycles. The van der Waals surface area contributed by atoms with Gasteiger partial charge in [-0.3, -0.25) is 0 Å². The molecule has 0 saturated carbocycles. The molecule has 0 radical (unpaired) electrons. The van der Waals surface area contributed by atoms with Crippen molar-refractivity contribution < 1.29 is 4.48 Å². The van der Waals surface area contributed by atoms with Crippen molar-refractivity contribution in [1.82, 2.24) is 4.90 Å². The lowest BCUT2D eigenvalue weighted by atomic mass is 10.2. The Balaban J connectivity index is 2.06. The van der Waals surface area contributed by atoms with E-state index in [1.165, 1.54) is 50.0 Å². The molecule has 2 aliphatic heterocycles. The van der Waals surface area contributed by atoms with Crippen molar-refractivity contribution >= 4 is 0 Å². The van der Waals surface area contributed by atoms with Crippen LogP contribution >= 0.6 is 0 Å². The topological polar surface area (TPSA) is 3.24 Å². The van der Waals surface area contributed by atoms with Gasteiger partial charge in [-0.15, -0.1) is 0 Å². The van der Waals surface area contributed by atoms with E-state index >= 15 is 0 Å². The van der Waals surface area contributed by atoms with Crippen molar-refractivity contribution in [2.24, 2.45) is 0 Å². The maximum Gasteiger partial charge on any atom is 0.135 e. The minimum atomic E-state index is 0.734. The van der Waals surface area contributed by atoms with Crippen molar-refractivity contribution in [2.45, 2.75) is 52.1 Å². The minimum Gasteiger partial charge on any atom is -0.310 e. The zero-order chi connectivity index (χ0) is 10.2. The van der Waals surface area contributed by atoms with Crippen LogP contribution < -0.4 is 0 Å². The van der Waals surface area contributed by atoms with E-state index in [1.54, 1.807) is 0 Å². The average molecular weight is 197 g/mol. The van der Waals surface area contributed by atoms with Gasteiger partial charge < -0.3 is 4.48 Å². The van der Waals surface area contributed by atoms with Gasteiger partial charge in [0.25, 0.3) is 0 Å². The molecule has 1 atom stereocenters. The van der Waals surface area contributed by atoms with Crippen LogP contribution in [-0.2, 0) is 0 Å². The van der Waals surface area contributed by atoms with Gasteiger partial charge in [0.05, 0.1) is 25.7 Å². The average Bonchev–Trinajstić information content (AvgIpc) is 2.74. The van der Waals surface area contributed by atoms with Gasteiger partial charge in [-0.2, -0.15) is 0 Å². The molecule has 14 heavy (non-hydrogen) atoms. The summed E-state index contributed by atoms with van der Waals surface area (Å²) in [6.07, 6.45) is 4.25. The van der Waals surface area contributed by atoms with E-state index in [4.69, 9.17) is 0 Å². The highest BCUT2D eigenvalue weighted by atomic mass is 15.5. The summed E-state index contributed by atoms with van der Waals surface area (Å²) in [4.78, 5) is 2.73. The minimum absolute atomic E-state index is 0.734. The van der Waals surface area contributed by atoms with Gasteiger partial charge >= 0.3 is 0 Å². The highest BCUT2D eigenvalue weighted by molar-refractivity contribution is 4.78. The standard InChI is InChI=1S/C12H25N2/c1-4-12-9-14(7-5-6-8-14)10-13(12)11(2)3/h11-12H,4-10H2,1-3H3/q+1. The fourth-order valence-electron chi connectivity index (χ4n) is 3.35. The molecule has 0 bridgehead atoms. The van der Waals surface area contributed by atoms with Gasteiger partial charge in [-0.05, 0) is 20.3 Å². The fourth-order valence-corrected chi connectivity index (χ4v) is 3.35. The number of hydrogen-bond acceptors (Lipinski definition) is 1. The Hall–Kier alpha value is -0.0800. The molecule has 2 fully saturated rings. The fraction of sp³-hybridized carbons (Fsp3) is 1.00. The first kappa shape index (κ1) is 10.4. The molecule has 0 N–H and O–H groups in total. The van der Waals surface area contributed by atoms with E-state index in [2.05, 4.69) is 25.7 Å². The van der Waals surface area contributed by atoms with E-state index in [0.29, 0.717) is 0 Å². The Bertz CT molecular complexity index is 194. The highest BCUT2D eigenvalue weighted by Gasteiger charge is 2.45. The third-order valence-electron chi connectivity index (χ3n) is 4.18. The summed E-state index contributed by atoms with van der Waals surface area (Å²) in [5.41, 5.74) is 0. The molecular formula is C12H25N2+. The Morgan fingerprint density at radius 1 is 1.29 bits per heavy atom. The van der Waals surface area contributed by atoms with Crippen molar-refractivity contribution in [1.29, 1.82) is 0 Å². The van der Waals surface area contributed by atoms with E-state index in [1.807, 2.05) is 0 Å². The van der Waals surface area contributed by atoms with Crippen molar-refractivity contribution in [3.05, 3.63) is 0 Å². The van der Waals surface area contributed by atoms with Crippen LogP contribution in [0.15, 0.2) is 0 Å². The largest absolute Gasteiger partial charge is 0.310 e. The van der Waals surface area contributed by atoms with Crippen molar-refractivity contribution in [3.8, 4) is 0 Å². The summed E-state index contributed by atoms with van der Waals surface area (Å²) in [6.45, 7) is 12.7. The maximum absolute atomic E-state index is 2.73. The summed E-state index contributed by atoms with van der Waals surface area (Å²) < 4.78 is 1.41. The summed E-state index contributed by atoms with van der Waals surface area (Å²) in [7, 11) is 0. The van der Waals surface area contributed by atoms with E-state index in [0.717, 1.165) is 12.1 Å². The molecule has 2 nitrogen and oxygen atoms in total. The molecule has 2 heterocycles. The molecule has 0 aromatic rings. The Morgan fingerprint density at radius 3 is 2.36 bits per heavy atom. The quantitative estimate of drug-likeness (QED) is 0.613. The van der Waals surface area contributed by atoms with Gasteiger partial charge in [0, 0.05) is 18.9 Å². The van der Waals surface area contributed by atoms with Gasteiger partial charge in [0.2, 0.25) is 0 Å². The zero-order valence-electron chi connectivity index (χ0n) is 10.00. The van der Waals surface area contributed by atoms with Crippen LogP contribution in [0.3, 0.4) is 0 Å². The van der Waals surface area contributed by atoms with Gasteiger partial charge in [-0.1, -0.05) is 6.92 Å². The molecule has 2 heteroatoms. The zero-order valence-corrected chi connectivity index (χ0v) is 10.00. The first-order valence-electron chi connectivity index (χ1n) is 6.28. The highest BCUT2D eigenvalue weighted by Crippen LogP contribution is 2.30. The summed E-state index contributed by atoms with van der Waals surface area (Å²) >= 11 is 0. The summed E-state index contributed by atoms with van der Waals surface area (Å²) in [6, 6.07) is 1.59. The van der Waals surface area contributed by atoms with Crippen molar-refractivity contribution in [3.63, 3.8) is 0 Å². The predicted molar refractivity (Wildman–Crippen MR) is 60.0 cm³/mol. The molecular weight excluding hydrogens is 172 g/mol. The Kier molecular flexibility index (Phi) is 2.85. The third kappa shape index (κ3) is 1.70. The number of quaternary nitrogens is 1. The summed E-state index contributed by atoms with van der Waals surface area (Å²) in [5.74, 6) is 0. The first-order valence-corrected chi connectivity index (χ1v) is 6.28. The second-order valence-corrected chi connectivity index (χ2v) is 5.49. The normalized spacial score (nSPS) is 32.1. The van der Waals surface area contributed by atoms with Crippen LogP contribution in [-0.4, -0.2) is 47.8 Å². The van der Waals surface area contributed by atoms with Crippen LogP contribution in [0.4, 0.5) is 0 Å². The summed E-state index contributed by atoms with van der Waals surface area (Å²) in [5, 5.41) is 0.